The van der Waals surface area contributed by atoms with Gasteiger partial charge in [-0.2, -0.15) is 4.13 Å². The van der Waals surface area contributed by atoms with Gasteiger partial charge in [-0.25, -0.2) is 0 Å². The molecule has 0 bridgehead atoms. The van der Waals surface area contributed by atoms with E-state index in [0.717, 1.165) is 0 Å². The van der Waals surface area contributed by atoms with Gasteiger partial charge >= 0.3 is 0 Å². The minimum Gasteiger partial charge on any atom is -0.179 e. The van der Waals surface area contributed by atoms with Gasteiger partial charge in [-0.1, -0.05) is 72.8 Å². The molecule has 0 unspecified atom stereocenters. The van der Waals surface area contributed by atoms with E-state index in [1.54, 1.807) is 0 Å². The summed E-state index contributed by atoms with van der Waals surface area (Å²) in [5, 5.41) is 0. The lowest BCUT2D eigenvalue weighted by Gasteiger charge is -2.21. The van der Waals surface area contributed by atoms with Crippen LogP contribution in [0.5, 0.6) is 0 Å². The summed E-state index contributed by atoms with van der Waals surface area (Å²) in [6.07, 6.45) is 0. The van der Waals surface area contributed by atoms with Crippen LogP contribution in [0.1, 0.15) is 0 Å². The zero-order valence-corrected chi connectivity index (χ0v) is 16.4. The lowest BCUT2D eigenvalue weighted by Crippen LogP contribution is -2.10. The molecule has 0 aliphatic rings. The number of benzene rings is 4. The quantitative estimate of drug-likeness (QED) is 0.329. The molecule has 4 rings (SSSR count). The number of hydrogen-bond donors (Lipinski definition) is 0. The maximum absolute atomic E-state index is 5.41. The second-order valence-corrected chi connectivity index (χ2v) is 9.52. The molecule has 27 heavy (non-hydrogen) atoms. The normalized spacial score (nSPS) is 11.0. The molecular weight excluding hydrogens is 366 g/mol. The van der Waals surface area contributed by atoms with Crippen molar-refractivity contribution in [3.8, 4) is 0 Å². The molecule has 0 fully saturated rings. The van der Waals surface area contributed by atoms with Crippen LogP contribution in [0.2, 0.25) is 0 Å². The van der Waals surface area contributed by atoms with Crippen molar-refractivity contribution in [2.24, 2.45) is 0 Å². The maximum Gasteiger partial charge on any atom is 0.151 e. The van der Waals surface area contributed by atoms with E-state index in [2.05, 4.69) is 121 Å². The van der Waals surface area contributed by atoms with Gasteiger partial charge < -0.3 is 0 Å². The van der Waals surface area contributed by atoms with E-state index in [1.807, 2.05) is 0 Å². The van der Waals surface area contributed by atoms with Crippen molar-refractivity contribution < 1.29 is 0 Å². The summed E-state index contributed by atoms with van der Waals surface area (Å²) in [4.78, 5) is 4.97. The van der Waals surface area contributed by atoms with E-state index >= 15 is 0 Å². The van der Waals surface area contributed by atoms with Gasteiger partial charge in [0, 0.05) is 22.2 Å². The Morgan fingerprint density at radius 3 is 0.778 bits per heavy atom. The van der Waals surface area contributed by atoms with Crippen molar-refractivity contribution in [1.29, 1.82) is 0 Å². The highest BCUT2D eigenvalue weighted by molar-refractivity contribution is 8.17. The van der Waals surface area contributed by atoms with Gasteiger partial charge in [-0.15, -0.1) is 0 Å². The maximum atomic E-state index is 5.41. The summed E-state index contributed by atoms with van der Waals surface area (Å²) < 4.78 is 5.41. The fraction of sp³-hybridized carbons (Fsp3) is 0. The predicted molar refractivity (Wildman–Crippen MR) is 117 cm³/mol. The third-order valence-electron chi connectivity index (χ3n) is 4.01. The largest absolute Gasteiger partial charge is 0.179 e. The zero-order chi connectivity index (χ0) is 18.3. The SMILES string of the molecule is c1ccc([S+]([N-][S+](c2ccccc2)c2ccccc2)c2ccccc2)cc1. The molecule has 0 radical (unpaired) electrons. The molecule has 0 saturated carbocycles. The molecule has 1 nitrogen and oxygen atoms in total. The standard InChI is InChI=1S/C24H20NS2/c1-5-13-21(14-6-1)26(22-15-7-2-8-16-22)25-27(23-17-9-3-10-18-23)24-19-11-4-12-20-24/h1-20H/q+1. The zero-order valence-electron chi connectivity index (χ0n) is 14.8. The van der Waals surface area contributed by atoms with Gasteiger partial charge in [0.15, 0.2) is 19.6 Å². The molecule has 0 N–H and O–H groups in total. The van der Waals surface area contributed by atoms with Crippen LogP contribution >= 0.6 is 0 Å². The van der Waals surface area contributed by atoms with Gasteiger partial charge in [0.25, 0.3) is 0 Å². The summed E-state index contributed by atoms with van der Waals surface area (Å²) in [5.74, 6) is 0. The fourth-order valence-electron chi connectivity index (χ4n) is 2.72. The highest BCUT2D eigenvalue weighted by atomic mass is 32.3. The van der Waals surface area contributed by atoms with Crippen molar-refractivity contribution >= 4 is 22.2 Å². The molecule has 0 aliphatic heterocycles. The Kier molecular flexibility index (Phi) is 5.95. The van der Waals surface area contributed by atoms with Gasteiger partial charge in [0.2, 0.25) is 0 Å². The second kappa shape index (κ2) is 8.96. The van der Waals surface area contributed by atoms with Gasteiger partial charge in [-0.05, 0) is 48.5 Å². The summed E-state index contributed by atoms with van der Waals surface area (Å²) in [7, 11) is 0. The summed E-state index contributed by atoms with van der Waals surface area (Å²) >= 11 is -0.690. The molecule has 0 atom stereocenters. The Labute approximate surface area is 167 Å². The average Bonchev–Trinajstić information content (AvgIpc) is 2.77. The molecule has 0 spiro atoms. The first-order valence-corrected chi connectivity index (χ1v) is 11.2. The molecule has 0 saturated heterocycles. The van der Waals surface area contributed by atoms with Gasteiger partial charge in [-0.3, -0.25) is 0 Å². The van der Waals surface area contributed by atoms with Crippen molar-refractivity contribution in [3.05, 3.63) is 125 Å². The lowest BCUT2D eigenvalue weighted by molar-refractivity contribution is 1.37. The van der Waals surface area contributed by atoms with Crippen LogP contribution in [0.3, 0.4) is 0 Å². The number of nitrogens with zero attached hydrogens (tertiary/aromatic N) is 1. The van der Waals surface area contributed by atoms with Crippen molar-refractivity contribution in [1.82, 2.24) is 0 Å². The van der Waals surface area contributed by atoms with E-state index < -0.39 is 0 Å². The molecule has 0 amide bonds. The Morgan fingerprint density at radius 1 is 0.333 bits per heavy atom. The third-order valence-corrected chi connectivity index (χ3v) is 8.08. The Bertz CT molecular complexity index is 785. The van der Waals surface area contributed by atoms with Crippen LogP contribution in [0, 0.1) is 0 Å². The smallest absolute Gasteiger partial charge is 0.151 e. The summed E-state index contributed by atoms with van der Waals surface area (Å²) in [5.41, 5.74) is 0. The Morgan fingerprint density at radius 2 is 0.556 bits per heavy atom. The molecule has 0 aromatic heterocycles. The predicted octanol–water partition coefficient (Wildman–Crippen LogP) is 6.66. The lowest BCUT2D eigenvalue weighted by atomic mass is 10.4. The minimum atomic E-state index is -0.345. The van der Waals surface area contributed by atoms with Crippen LogP contribution in [-0.4, -0.2) is 0 Å². The fourth-order valence-corrected chi connectivity index (χ4v) is 6.89. The number of hydrogen-bond acceptors (Lipinski definition) is 0. The van der Waals surface area contributed by atoms with Gasteiger partial charge in [0.05, 0.1) is 0 Å². The van der Waals surface area contributed by atoms with E-state index in [4.69, 9.17) is 4.13 Å². The van der Waals surface area contributed by atoms with Crippen LogP contribution in [0.25, 0.3) is 4.13 Å². The molecule has 3 heteroatoms. The second-order valence-electron chi connectivity index (χ2n) is 5.90. The van der Waals surface area contributed by atoms with E-state index in [1.165, 1.54) is 19.6 Å². The molecule has 0 heterocycles. The topological polar surface area (TPSA) is 14.1 Å². The number of rotatable bonds is 6. The Hall–Kier alpha value is -2.46. The third kappa shape index (κ3) is 4.45. The highest BCUT2D eigenvalue weighted by Gasteiger charge is 2.28. The average molecular weight is 387 g/mol. The van der Waals surface area contributed by atoms with E-state index in [9.17, 15) is 0 Å². The van der Waals surface area contributed by atoms with Crippen LogP contribution in [-0.2, 0) is 22.2 Å². The van der Waals surface area contributed by atoms with Crippen molar-refractivity contribution in [2.75, 3.05) is 0 Å². The molecule has 132 valence electrons. The Balaban J connectivity index is 1.77. The molecule has 4 aromatic rings. The highest BCUT2D eigenvalue weighted by Crippen LogP contribution is 2.38. The molecular formula is C24H20NS2+. The first-order valence-electron chi connectivity index (χ1n) is 8.82. The van der Waals surface area contributed by atoms with Gasteiger partial charge in [0.1, 0.15) is 0 Å². The van der Waals surface area contributed by atoms with E-state index in [-0.39, 0.29) is 22.2 Å². The van der Waals surface area contributed by atoms with Crippen molar-refractivity contribution in [3.63, 3.8) is 0 Å². The summed E-state index contributed by atoms with van der Waals surface area (Å²) in [6.45, 7) is 0. The van der Waals surface area contributed by atoms with E-state index in [0.29, 0.717) is 0 Å². The monoisotopic (exact) mass is 386 g/mol. The van der Waals surface area contributed by atoms with Crippen molar-refractivity contribution in [2.45, 2.75) is 19.6 Å². The van der Waals surface area contributed by atoms with Crippen LogP contribution in [0.4, 0.5) is 0 Å². The molecule has 0 aliphatic carbocycles. The first-order chi connectivity index (χ1) is 13.4. The summed E-state index contributed by atoms with van der Waals surface area (Å²) in [6, 6.07) is 42.4. The first kappa shape index (κ1) is 17.9. The van der Waals surface area contributed by atoms with Crippen LogP contribution in [0.15, 0.2) is 141 Å². The van der Waals surface area contributed by atoms with Crippen LogP contribution < -0.4 is 0 Å². The molecule has 4 aromatic carbocycles. The minimum absolute atomic E-state index is 0.345.